The van der Waals surface area contributed by atoms with Gasteiger partial charge in [-0.1, -0.05) is 51.4 Å². The fraction of sp³-hybridized carbons (Fsp3) is 1.00. The van der Waals surface area contributed by atoms with Crippen molar-refractivity contribution in [2.75, 3.05) is 26.2 Å². The van der Waals surface area contributed by atoms with Gasteiger partial charge >= 0.3 is 49.9 Å². The van der Waals surface area contributed by atoms with Crippen LogP contribution in [0.3, 0.4) is 0 Å². The van der Waals surface area contributed by atoms with Gasteiger partial charge in [-0.3, -0.25) is 0 Å². The normalized spacial score (nSPS) is 28.5. The molecule has 2 aliphatic heterocycles. The van der Waals surface area contributed by atoms with Gasteiger partial charge in [0.15, 0.2) is 0 Å². The fourth-order valence-corrected chi connectivity index (χ4v) is 1.91. The van der Waals surface area contributed by atoms with E-state index in [4.69, 9.17) is 0 Å². The Bertz CT molecular complexity index is 133. The predicted molar refractivity (Wildman–Crippen MR) is 91.0 cm³/mol. The molecule has 2 saturated heterocycles. The number of hydrogen-bond donors (Lipinski definition) is 0. The van der Waals surface area contributed by atoms with Crippen LogP contribution < -0.4 is 0 Å². The Morgan fingerprint density at radius 1 is 0.882 bits per heavy atom. The molecular formula is C12H24I2N2Pt. The first-order valence-electron chi connectivity index (χ1n) is 6.29. The zero-order chi connectivity index (χ0) is 12.9. The molecule has 0 unspecified atom stereocenters. The van der Waals surface area contributed by atoms with E-state index in [1.807, 2.05) is 0 Å². The summed E-state index contributed by atoms with van der Waals surface area (Å²) in [6, 6.07) is 0. The molecule has 5 heteroatoms. The van der Waals surface area contributed by atoms with Crippen LogP contribution in [0.2, 0.25) is 0 Å². The van der Waals surface area contributed by atoms with Crippen molar-refractivity contribution < 1.29 is 11.2 Å². The second-order valence-electron chi connectivity index (χ2n) is 4.80. The monoisotopic (exact) mass is 645 g/mol. The molecule has 0 N–H and O–H groups in total. The zero-order valence-electron chi connectivity index (χ0n) is 10.8. The number of hydrogen-bond acceptors (Lipinski definition) is 0. The van der Waals surface area contributed by atoms with E-state index >= 15 is 0 Å². The number of rotatable bonds is 0. The molecule has 0 saturated carbocycles. The van der Waals surface area contributed by atoms with Crippen LogP contribution in [0.5, 0.6) is 0 Å². The first kappa shape index (κ1) is 19.1. The molecule has 0 aromatic carbocycles. The molecule has 2 rings (SSSR count). The molecule has 2 nitrogen and oxygen atoms in total. The van der Waals surface area contributed by atoms with Gasteiger partial charge in [-0.25, -0.2) is 0 Å². The summed E-state index contributed by atoms with van der Waals surface area (Å²) in [5.41, 5.74) is 0. The van der Waals surface area contributed by atoms with Gasteiger partial charge in [0.2, 0.25) is 0 Å². The molecule has 0 bridgehead atoms. The maximum atomic E-state index is 4.26. The van der Waals surface area contributed by atoms with Crippen LogP contribution in [0.1, 0.15) is 39.5 Å². The van der Waals surface area contributed by atoms with Crippen molar-refractivity contribution >= 4 is 38.7 Å². The summed E-state index contributed by atoms with van der Waals surface area (Å²) < 4.78 is 0. The number of nitrogens with zero attached hydrogens (tertiary/aromatic N) is 2. The molecular weight excluding hydrogens is 621 g/mol. The second kappa shape index (κ2) is 14.5. The van der Waals surface area contributed by atoms with Crippen molar-refractivity contribution in [1.29, 1.82) is 0 Å². The van der Waals surface area contributed by atoms with Crippen LogP contribution in [-0.2, 0) is 11.2 Å². The quantitative estimate of drug-likeness (QED) is 0.318. The Kier molecular flexibility index (Phi) is 16.2. The van der Waals surface area contributed by atoms with Crippen molar-refractivity contribution in [3.63, 3.8) is 0 Å². The summed E-state index contributed by atoms with van der Waals surface area (Å²) in [6.45, 7) is 8.99. The third-order valence-electron chi connectivity index (χ3n) is 2.91. The van der Waals surface area contributed by atoms with Gasteiger partial charge in [0.05, 0.1) is 0 Å². The molecule has 0 aromatic rings. The molecule has 0 aliphatic carbocycles. The van der Waals surface area contributed by atoms with Crippen molar-refractivity contribution in [2.45, 2.75) is 39.5 Å². The van der Waals surface area contributed by atoms with Crippen LogP contribution in [0.15, 0.2) is 0 Å². The molecule has 2 atom stereocenters. The van der Waals surface area contributed by atoms with Crippen molar-refractivity contribution in [3.8, 4) is 0 Å². The Morgan fingerprint density at radius 2 is 1.24 bits per heavy atom. The first-order valence-corrected chi connectivity index (χ1v) is 19.2. The molecule has 0 aromatic heterocycles. The van der Waals surface area contributed by atoms with Crippen LogP contribution in [-0.4, -0.2) is 26.2 Å². The maximum absolute atomic E-state index is 4.26. The standard InChI is InChI=1S/2C6H12N.2HI.Pt/c2*1-6-3-2-4-7-5-6;;;/h2*6H,2-5H2,1H3;2*1H;/q2*-1;;;+4/p-2/t2*6-;;;/m00.../s1. The van der Waals surface area contributed by atoms with Gasteiger partial charge in [0, 0.05) is 0 Å². The van der Waals surface area contributed by atoms with Crippen molar-refractivity contribution in [3.05, 3.63) is 10.6 Å². The van der Waals surface area contributed by atoms with Crippen LogP contribution in [0.25, 0.3) is 10.6 Å². The average molecular weight is 645 g/mol. The third kappa shape index (κ3) is 14.3. The Morgan fingerprint density at radius 3 is 1.35 bits per heavy atom. The van der Waals surface area contributed by atoms with E-state index in [9.17, 15) is 0 Å². The first-order chi connectivity index (χ1) is 8.20. The van der Waals surface area contributed by atoms with Gasteiger partial charge in [-0.15, -0.1) is 26.2 Å². The molecule has 106 valence electrons. The summed E-state index contributed by atoms with van der Waals surface area (Å²) >= 11 is 5.30. The van der Waals surface area contributed by atoms with Gasteiger partial charge in [-0.2, -0.15) is 0 Å². The average Bonchev–Trinajstić information content (AvgIpc) is 2.33. The van der Waals surface area contributed by atoms with E-state index in [0.717, 1.165) is 38.0 Å². The zero-order valence-corrected chi connectivity index (χ0v) is 17.4. The van der Waals surface area contributed by atoms with Gasteiger partial charge in [-0.05, 0) is 0 Å². The number of piperidine rings is 2. The summed E-state index contributed by atoms with van der Waals surface area (Å²) in [5.74, 6) is 1.74. The Hall–Kier alpha value is 2.07. The van der Waals surface area contributed by atoms with Gasteiger partial charge in [0.1, 0.15) is 0 Å². The van der Waals surface area contributed by atoms with E-state index in [0.29, 0.717) is 11.2 Å². The Balaban J connectivity index is 0.000000247. The van der Waals surface area contributed by atoms with Crippen LogP contribution in [0, 0.1) is 11.8 Å². The molecule has 0 spiro atoms. The minimum atomic E-state index is 0.523. The third-order valence-corrected chi connectivity index (χ3v) is 2.91. The summed E-state index contributed by atoms with van der Waals surface area (Å²) in [6.07, 6.45) is 5.43. The molecule has 0 amide bonds. The molecule has 2 aliphatic rings. The molecule has 0 radical (unpaired) electrons. The predicted octanol–water partition coefficient (Wildman–Crippen LogP) is 5.35. The molecule has 2 heterocycles. The van der Waals surface area contributed by atoms with Gasteiger partial charge in [0.25, 0.3) is 0 Å². The van der Waals surface area contributed by atoms with Crippen molar-refractivity contribution in [2.24, 2.45) is 11.8 Å². The fourth-order valence-electron chi connectivity index (χ4n) is 1.91. The second-order valence-corrected chi connectivity index (χ2v) is 21.4. The molecule has 17 heavy (non-hydrogen) atoms. The minimum absolute atomic E-state index is 0.523. The van der Waals surface area contributed by atoms with E-state index in [2.05, 4.69) is 63.2 Å². The van der Waals surface area contributed by atoms with E-state index in [1.165, 1.54) is 25.7 Å². The summed E-state index contributed by atoms with van der Waals surface area (Å²) in [4.78, 5) is 0. The van der Waals surface area contributed by atoms with Crippen LogP contribution >= 0.6 is 38.7 Å². The van der Waals surface area contributed by atoms with Gasteiger partial charge < -0.3 is 10.6 Å². The van der Waals surface area contributed by atoms with E-state index in [-0.39, 0.29) is 0 Å². The van der Waals surface area contributed by atoms with Crippen molar-refractivity contribution in [1.82, 2.24) is 0 Å². The topological polar surface area (TPSA) is 28.2 Å². The Labute approximate surface area is 136 Å². The summed E-state index contributed by atoms with van der Waals surface area (Å²) in [5, 5.41) is 8.52. The number of halogens is 2. The van der Waals surface area contributed by atoms with E-state index < -0.39 is 0 Å². The van der Waals surface area contributed by atoms with Crippen LogP contribution in [0.4, 0.5) is 0 Å². The molecule has 2 fully saturated rings. The van der Waals surface area contributed by atoms with E-state index in [1.54, 1.807) is 0 Å². The summed E-state index contributed by atoms with van der Waals surface area (Å²) in [7, 11) is 0. The SMILES string of the molecule is C[C@H]1CCC[N-]C1.C[C@H]1CCC[N-]C1.[I][Pt+2][I].